The van der Waals surface area contributed by atoms with Gasteiger partial charge in [-0.3, -0.25) is 9.59 Å². The van der Waals surface area contributed by atoms with Gasteiger partial charge in [-0.05, 0) is 48.7 Å². The lowest BCUT2D eigenvalue weighted by molar-refractivity contribution is -0.139. The van der Waals surface area contributed by atoms with E-state index in [4.69, 9.17) is 4.74 Å². The Kier molecular flexibility index (Phi) is 6.63. The van der Waals surface area contributed by atoms with E-state index in [2.05, 4.69) is 0 Å². The number of phenols is 1. The van der Waals surface area contributed by atoms with Crippen molar-refractivity contribution in [3.63, 3.8) is 0 Å². The first-order chi connectivity index (χ1) is 16.4. The van der Waals surface area contributed by atoms with Gasteiger partial charge in [-0.25, -0.2) is 4.39 Å². The third-order valence-corrected chi connectivity index (χ3v) is 5.74. The van der Waals surface area contributed by atoms with E-state index in [9.17, 15) is 24.2 Å². The number of aliphatic hydroxyl groups is 1. The summed E-state index contributed by atoms with van der Waals surface area (Å²) in [5, 5.41) is 21.2. The van der Waals surface area contributed by atoms with Crippen LogP contribution in [0.1, 0.15) is 29.7 Å². The third kappa shape index (κ3) is 4.50. The zero-order valence-corrected chi connectivity index (χ0v) is 18.6. The number of amides is 1. The summed E-state index contributed by atoms with van der Waals surface area (Å²) < 4.78 is 18.8. The van der Waals surface area contributed by atoms with Crippen LogP contribution in [-0.4, -0.2) is 40.0 Å². The van der Waals surface area contributed by atoms with Crippen LogP contribution in [0.25, 0.3) is 5.76 Å². The van der Waals surface area contributed by atoms with Gasteiger partial charge in [0.1, 0.15) is 11.6 Å². The topological polar surface area (TPSA) is 87.1 Å². The number of aromatic hydroxyl groups is 1. The average molecular weight is 461 g/mol. The molecule has 0 aliphatic carbocycles. The molecule has 0 aromatic heterocycles. The number of hydrogen-bond donors (Lipinski definition) is 2. The second kappa shape index (κ2) is 9.79. The molecule has 0 bridgehead atoms. The van der Waals surface area contributed by atoms with Crippen LogP contribution in [0.2, 0.25) is 0 Å². The minimum atomic E-state index is -0.888. The van der Waals surface area contributed by atoms with Gasteiger partial charge < -0.3 is 19.8 Å². The third-order valence-electron chi connectivity index (χ3n) is 5.74. The minimum absolute atomic E-state index is 0.0385. The molecule has 4 rings (SSSR count). The van der Waals surface area contributed by atoms with Crippen LogP contribution in [0.15, 0.2) is 78.4 Å². The van der Waals surface area contributed by atoms with Crippen molar-refractivity contribution in [2.24, 2.45) is 0 Å². The number of ketones is 1. The Morgan fingerprint density at radius 2 is 1.74 bits per heavy atom. The van der Waals surface area contributed by atoms with Gasteiger partial charge in [0.05, 0.1) is 18.2 Å². The van der Waals surface area contributed by atoms with Crippen LogP contribution in [0.4, 0.5) is 4.39 Å². The monoisotopic (exact) mass is 461 g/mol. The molecule has 3 aromatic rings. The summed E-state index contributed by atoms with van der Waals surface area (Å²) in [5.74, 6) is -2.04. The Labute approximate surface area is 196 Å². The van der Waals surface area contributed by atoms with Gasteiger partial charge in [-0.2, -0.15) is 0 Å². The standard InChI is InChI=1S/C27H24FNO5/c1-2-34-22-16-19(10-13-21(22)30)24-23(25(31)18-6-4-3-5-7-18)26(32)27(33)29(24)15-14-17-8-11-20(28)12-9-17/h3-13,16,24,30-31H,2,14-15H2,1H3/b25-23-. The molecule has 7 heteroatoms. The van der Waals surface area contributed by atoms with Crippen molar-refractivity contribution in [2.45, 2.75) is 19.4 Å². The van der Waals surface area contributed by atoms with Crippen LogP contribution < -0.4 is 4.74 Å². The molecule has 174 valence electrons. The van der Waals surface area contributed by atoms with Crippen molar-refractivity contribution < 1.29 is 28.9 Å². The zero-order valence-electron chi connectivity index (χ0n) is 18.6. The largest absolute Gasteiger partial charge is 0.507 e. The maximum Gasteiger partial charge on any atom is 0.295 e. The Morgan fingerprint density at radius 3 is 2.41 bits per heavy atom. The van der Waals surface area contributed by atoms with E-state index in [0.717, 1.165) is 5.56 Å². The van der Waals surface area contributed by atoms with Crippen LogP contribution in [0, 0.1) is 5.82 Å². The van der Waals surface area contributed by atoms with E-state index in [0.29, 0.717) is 24.2 Å². The fourth-order valence-corrected chi connectivity index (χ4v) is 4.08. The van der Waals surface area contributed by atoms with Crippen molar-refractivity contribution >= 4 is 17.4 Å². The number of aliphatic hydroxyl groups excluding tert-OH is 1. The lowest BCUT2D eigenvalue weighted by Crippen LogP contribution is -2.31. The number of hydrogen-bond acceptors (Lipinski definition) is 5. The van der Waals surface area contributed by atoms with Crippen LogP contribution in [0.5, 0.6) is 11.5 Å². The molecule has 0 radical (unpaired) electrons. The first-order valence-corrected chi connectivity index (χ1v) is 10.9. The second-order valence-electron chi connectivity index (χ2n) is 7.90. The Morgan fingerprint density at radius 1 is 1.03 bits per heavy atom. The van der Waals surface area contributed by atoms with E-state index in [-0.39, 0.29) is 35.2 Å². The highest BCUT2D eigenvalue weighted by Gasteiger charge is 2.46. The predicted molar refractivity (Wildman–Crippen MR) is 125 cm³/mol. The van der Waals surface area contributed by atoms with Crippen molar-refractivity contribution in [1.29, 1.82) is 0 Å². The molecule has 2 N–H and O–H groups in total. The van der Waals surface area contributed by atoms with Gasteiger partial charge in [-0.1, -0.05) is 48.5 Å². The SMILES string of the molecule is CCOc1cc(C2/C(=C(/O)c3ccccc3)C(=O)C(=O)N2CCc2ccc(F)cc2)ccc1O. The smallest absolute Gasteiger partial charge is 0.295 e. The zero-order chi connectivity index (χ0) is 24.2. The van der Waals surface area contributed by atoms with Gasteiger partial charge in [0.2, 0.25) is 0 Å². The van der Waals surface area contributed by atoms with Crippen LogP contribution in [0.3, 0.4) is 0 Å². The Hall–Kier alpha value is -4.13. The first kappa shape index (κ1) is 23.0. The second-order valence-corrected chi connectivity index (χ2v) is 7.90. The number of ether oxygens (including phenoxy) is 1. The highest BCUT2D eigenvalue weighted by molar-refractivity contribution is 6.46. The molecule has 1 saturated heterocycles. The molecular weight excluding hydrogens is 437 g/mol. The highest BCUT2D eigenvalue weighted by Crippen LogP contribution is 2.41. The molecule has 1 amide bonds. The molecule has 0 saturated carbocycles. The predicted octanol–water partition coefficient (Wildman–Crippen LogP) is 4.59. The molecule has 34 heavy (non-hydrogen) atoms. The van der Waals surface area contributed by atoms with Gasteiger partial charge in [-0.15, -0.1) is 0 Å². The molecule has 1 atom stereocenters. The van der Waals surface area contributed by atoms with E-state index < -0.39 is 17.7 Å². The number of Topliss-reactive ketones (excluding diaryl/α,β-unsaturated/α-hetero) is 1. The van der Waals surface area contributed by atoms with E-state index in [1.807, 2.05) is 0 Å². The Bertz CT molecular complexity index is 1240. The average Bonchev–Trinajstić information content (AvgIpc) is 3.10. The molecular formula is C27H24FNO5. The molecule has 1 heterocycles. The molecule has 1 aliphatic rings. The van der Waals surface area contributed by atoms with Crippen molar-refractivity contribution in [1.82, 2.24) is 4.90 Å². The van der Waals surface area contributed by atoms with E-state index in [1.165, 1.54) is 23.1 Å². The normalized spacial score (nSPS) is 17.2. The summed E-state index contributed by atoms with van der Waals surface area (Å²) in [7, 11) is 0. The number of benzene rings is 3. The number of rotatable bonds is 7. The summed E-state index contributed by atoms with van der Waals surface area (Å²) in [6, 6.07) is 18.2. The van der Waals surface area contributed by atoms with Crippen LogP contribution in [-0.2, 0) is 16.0 Å². The fraction of sp³-hybridized carbons (Fsp3) is 0.185. The van der Waals surface area contributed by atoms with E-state index in [1.54, 1.807) is 61.5 Å². The molecule has 1 aliphatic heterocycles. The van der Waals surface area contributed by atoms with Crippen molar-refractivity contribution in [3.8, 4) is 11.5 Å². The van der Waals surface area contributed by atoms with E-state index >= 15 is 0 Å². The summed E-state index contributed by atoms with van der Waals surface area (Å²) in [6.45, 7) is 2.25. The van der Waals surface area contributed by atoms with Gasteiger partial charge in [0.15, 0.2) is 11.5 Å². The lowest BCUT2D eigenvalue weighted by atomic mass is 9.95. The number of phenolic OH excluding ortho intramolecular Hbond substituents is 1. The molecule has 1 fully saturated rings. The number of nitrogens with zero attached hydrogens (tertiary/aromatic N) is 1. The fourth-order valence-electron chi connectivity index (χ4n) is 4.08. The minimum Gasteiger partial charge on any atom is -0.507 e. The Balaban J connectivity index is 1.79. The number of carbonyl (C=O) groups is 2. The van der Waals surface area contributed by atoms with Gasteiger partial charge in [0, 0.05) is 12.1 Å². The van der Waals surface area contributed by atoms with Gasteiger partial charge >= 0.3 is 0 Å². The summed E-state index contributed by atoms with van der Waals surface area (Å²) >= 11 is 0. The summed E-state index contributed by atoms with van der Waals surface area (Å²) in [6.07, 6.45) is 0.381. The summed E-state index contributed by atoms with van der Waals surface area (Å²) in [4.78, 5) is 27.6. The van der Waals surface area contributed by atoms with Crippen molar-refractivity contribution in [2.75, 3.05) is 13.2 Å². The highest BCUT2D eigenvalue weighted by atomic mass is 19.1. The van der Waals surface area contributed by atoms with Crippen LogP contribution >= 0.6 is 0 Å². The first-order valence-electron chi connectivity index (χ1n) is 10.9. The molecule has 3 aromatic carbocycles. The van der Waals surface area contributed by atoms with Crippen molar-refractivity contribution in [3.05, 3.63) is 101 Å². The quantitative estimate of drug-likeness (QED) is 0.305. The molecule has 0 spiro atoms. The molecule has 1 unspecified atom stereocenters. The lowest BCUT2D eigenvalue weighted by Gasteiger charge is -2.26. The van der Waals surface area contributed by atoms with Gasteiger partial charge in [0.25, 0.3) is 11.7 Å². The number of halogens is 1. The maximum absolute atomic E-state index is 13.3. The number of likely N-dealkylation sites (tertiary alicyclic amines) is 1. The number of carbonyl (C=O) groups excluding carboxylic acids is 2. The maximum atomic E-state index is 13.3. The summed E-state index contributed by atoms with van der Waals surface area (Å²) in [5.41, 5.74) is 1.68. The molecule has 6 nitrogen and oxygen atoms in total.